The molecule has 0 bridgehead atoms. The van der Waals surface area contributed by atoms with Gasteiger partial charge < -0.3 is 4.42 Å². The van der Waals surface area contributed by atoms with E-state index in [1.807, 2.05) is 0 Å². The van der Waals surface area contributed by atoms with Gasteiger partial charge in [-0.3, -0.25) is 0 Å². The Bertz CT molecular complexity index is 630. The third-order valence-corrected chi connectivity index (χ3v) is 3.17. The van der Waals surface area contributed by atoms with E-state index < -0.39 is 10.0 Å². The van der Waals surface area contributed by atoms with E-state index >= 15 is 0 Å². The molecule has 2 rings (SSSR count). The summed E-state index contributed by atoms with van der Waals surface area (Å²) in [4.78, 5) is 2.25. The second-order valence-corrected chi connectivity index (χ2v) is 4.82. The van der Waals surface area contributed by atoms with Crippen molar-refractivity contribution in [2.75, 3.05) is 0 Å². The van der Waals surface area contributed by atoms with Crippen molar-refractivity contribution in [1.29, 1.82) is 0 Å². The first-order valence-corrected chi connectivity index (χ1v) is 6.31. The molecule has 1 aromatic carbocycles. The van der Waals surface area contributed by atoms with Crippen molar-refractivity contribution in [3.63, 3.8) is 0 Å². The maximum absolute atomic E-state index is 11.8. The van der Waals surface area contributed by atoms with Crippen LogP contribution in [-0.4, -0.2) is 8.42 Å². The average Bonchev–Trinajstić information content (AvgIpc) is 2.39. The first-order valence-electron chi connectivity index (χ1n) is 4.83. The van der Waals surface area contributed by atoms with Crippen LogP contribution in [0.25, 0.3) is 0 Å². The Hall–Kier alpha value is -2.08. The molecule has 1 N–H and O–H groups in total. The summed E-state index contributed by atoms with van der Waals surface area (Å²) < 4.78 is 28.5. The van der Waals surface area contributed by atoms with Gasteiger partial charge in [0, 0.05) is 6.07 Å². The standard InChI is InChI=1S/C11H10N2O3S/c14-17(15,10-6-2-1-3-7-10)13-12-11-8-4-5-9-16-11/h1-9,13H. The smallest absolute Gasteiger partial charge is 0.276 e. The zero-order valence-corrected chi connectivity index (χ0v) is 9.59. The van der Waals surface area contributed by atoms with Crippen LogP contribution in [0.4, 0.5) is 0 Å². The zero-order chi connectivity index (χ0) is 12.1. The molecule has 0 aliphatic carbocycles. The Morgan fingerprint density at radius 3 is 2.35 bits per heavy atom. The highest BCUT2D eigenvalue weighted by Crippen LogP contribution is 2.06. The van der Waals surface area contributed by atoms with Crippen LogP contribution in [-0.2, 0) is 10.0 Å². The minimum Gasteiger partial charge on any atom is -0.445 e. The maximum Gasteiger partial charge on any atom is 0.276 e. The molecule has 0 radical (unpaired) electrons. The second-order valence-electron chi connectivity index (χ2n) is 3.16. The molecule has 0 spiro atoms. The first-order chi connectivity index (χ1) is 8.18. The largest absolute Gasteiger partial charge is 0.445 e. The van der Waals surface area contributed by atoms with Crippen LogP contribution in [0.2, 0.25) is 0 Å². The molecular formula is C11H10N2O3S. The molecule has 0 amide bonds. The topological polar surface area (TPSA) is 71.7 Å². The second kappa shape index (κ2) is 4.84. The van der Waals surface area contributed by atoms with Crippen molar-refractivity contribution in [2.45, 2.75) is 4.90 Å². The van der Waals surface area contributed by atoms with Crippen LogP contribution in [0.5, 0.6) is 0 Å². The summed E-state index contributed by atoms with van der Waals surface area (Å²) in [5.74, 6) is 0. The fraction of sp³-hybridized carbons (Fsp3) is 0. The Balaban J connectivity index is 2.26. The zero-order valence-electron chi connectivity index (χ0n) is 8.78. The molecule has 0 saturated carbocycles. The van der Waals surface area contributed by atoms with Gasteiger partial charge in [-0.25, -0.2) is 0 Å². The number of hydrogen-bond acceptors (Lipinski definition) is 4. The molecule has 17 heavy (non-hydrogen) atoms. The highest BCUT2D eigenvalue weighted by Gasteiger charge is 2.11. The third-order valence-electron chi connectivity index (χ3n) is 1.95. The molecule has 1 heterocycles. The minimum absolute atomic E-state index is 0.152. The molecule has 5 nitrogen and oxygen atoms in total. The van der Waals surface area contributed by atoms with Gasteiger partial charge in [0.1, 0.15) is 0 Å². The van der Waals surface area contributed by atoms with E-state index in [4.69, 9.17) is 4.42 Å². The SMILES string of the molecule is O=S(=O)(NN=c1cccco1)c1ccccc1. The Labute approximate surface area is 98.5 Å². The van der Waals surface area contributed by atoms with Crippen LogP contribution in [0.15, 0.2) is 69.2 Å². The van der Waals surface area contributed by atoms with Crippen molar-refractivity contribution in [2.24, 2.45) is 5.10 Å². The van der Waals surface area contributed by atoms with Gasteiger partial charge in [-0.05, 0) is 18.2 Å². The molecule has 0 unspecified atom stereocenters. The Morgan fingerprint density at radius 1 is 1.00 bits per heavy atom. The number of nitrogens with zero attached hydrogens (tertiary/aromatic N) is 1. The van der Waals surface area contributed by atoms with Crippen molar-refractivity contribution in [1.82, 2.24) is 4.83 Å². The summed E-state index contributed by atoms with van der Waals surface area (Å²) in [6.45, 7) is 0. The predicted molar refractivity (Wildman–Crippen MR) is 61.0 cm³/mol. The van der Waals surface area contributed by atoms with Crippen molar-refractivity contribution in [3.8, 4) is 0 Å². The fourth-order valence-corrected chi connectivity index (χ4v) is 1.98. The molecule has 0 atom stereocenters. The Morgan fingerprint density at radius 2 is 1.71 bits per heavy atom. The lowest BCUT2D eigenvalue weighted by molar-refractivity contribution is 0.483. The van der Waals surface area contributed by atoms with E-state index in [-0.39, 0.29) is 10.4 Å². The van der Waals surface area contributed by atoms with Crippen LogP contribution < -0.4 is 10.4 Å². The van der Waals surface area contributed by atoms with E-state index in [0.717, 1.165) is 0 Å². The van der Waals surface area contributed by atoms with Crippen molar-refractivity contribution in [3.05, 3.63) is 60.3 Å². The maximum atomic E-state index is 11.8. The van der Waals surface area contributed by atoms with Gasteiger partial charge in [0.2, 0.25) is 5.55 Å². The molecule has 0 aliphatic heterocycles. The summed E-state index contributed by atoms with van der Waals surface area (Å²) in [6.07, 6.45) is 1.41. The van der Waals surface area contributed by atoms with Crippen LogP contribution in [0.1, 0.15) is 0 Å². The van der Waals surface area contributed by atoms with Crippen molar-refractivity contribution < 1.29 is 12.8 Å². The predicted octanol–water partition coefficient (Wildman–Crippen LogP) is 1.07. The average molecular weight is 250 g/mol. The molecular weight excluding hydrogens is 240 g/mol. The monoisotopic (exact) mass is 250 g/mol. The van der Waals surface area contributed by atoms with Crippen molar-refractivity contribution >= 4 is 10.0 Å². The summed E-state index contributed by atoms with van der Waals surface area (Å²) in [5, 5.41) is 3.65. The quantitative estimate of drug-likeness (QED) is 0.828. The first kappa shape index (κ1) is 11.4. The van der Waals surface area contributed by atoms with Crippen LogP contribution >= 0.6 is 0 Å². The van der Waals surface area contributed by atoms with Gasteiger partial charge in [-0.15, -0.1) is 5.10 Å². The molecule has 0 saturated heterocycles. The third kappa shape index (κ3) is 2.94. The van der Waals surface area contributed by atoms with Gasteiger partial charge in [-0.2, -0.15) is 13.2 Å². The molecule has 0 fully saturated rings. The van der Waals surface area contributed by atoms with Crippen LogP contribution in [0.3, 0.4) is 0 Å². The lowest BCUT2D eigenvalue weighted by atomic mass is 10.4. The van der Waals surface area contributed by atoms with Gasteiger partial charge >= 0.3 is 0 Å². The van der Waals surface area contributed by atoms with E-state index in [9.17, 15) is 8.42 Å². The van der Waals surface area contributed by atoms with E-state index in [1.165, 1.54) is 18.4 Å². The lowest BCUT2D eigenvalue weighted by Gasteiger charge is -2.01. The normalized spacial score (nSPS) is 12.4. The number of nitrogens with one attached hydrogen (secondary N) is 1. The number of rotatable bonds is 3. The molecule has 2 aromatic rings. The van der Waals surface area contributed by atoms with E-state index in [2.05, 4.69) is 9.93 Å². The molecule has 1 aromatic heterocycles. The summed E-state index contributed by atoms with van der Waals surface area (Å²) in [5.41, 5.74) is 0.187. The van der Waals surface area contributed by atoms with Gasteiger partial charge in [0.15, 0.2) is 0 Å². The summed E-state index contributed by atoms with van der Waals surface area (Å²) in [6, 6.07) is 12.9. The summed E-state index contributed by atoms with van der Waals surface area (Å²) in [7, 11) is -3.64. The van der Waals surface area contributed by atoms with Gasteiger partial charge in [0.25, 0.3) is 10.0 Å². The van der Waals surface area contributed by atoms with Gasteiger partial charge in [-0.1, -0.05) is 24.3 Å². The minimum atomic E-state index is -3.64. The lowest BCUT2D eigenvalue weighted by Crippen LogP contribution is -2.21. The van der Waals surface area contributed by atoms with E-state index in [0.29, 0.717) is 0 Å². The molecule has 0 aliphatic rings. The highest BCUT2D eigenvalue weighted by molar-refractivity contribution is 7.89. The highest BCUT2D eigenvalue weighted by atomic mass is 32.2. The van der Waals surface area contributed by atoms with Gasteiger partial charge in [0.05, 0.1) is 11.2 Å². The number of hydrogen-bond donors (Lipinski definition) is 1. The van der Waals surface area contributed by atoms with E-state index in [1.54, 1.807) is 36.4 Å². The van der Waals surface area contributed by atoms with Crippen LogP contribution in [0, 0.1) is 0 Å². The molecule has 6 heteroatoms. The fourth-order valence-electron chi connectivity index (χ4n) is 1.15. The molecule has 88 valence electrons. The summed E-state index contributed by atoms with van der Waals surface area (Å²) >= 11 is 0. The number of sulfonamides is 1. The number of benzene rings is 1. The Kier molecular flexibility index (Phi) is 3.24.